The van der Waals surface area contributed by atoms with E-state index in [1.807, 2.05) is 0 Å². The lowest BCUT2D eigenvalue weighted by molar-refractivity contribution is -0.143. The van der Waals surface area contributed by atoms with Crippen LogP contribution in [-0.2, 0) is 15.7 Å². The Morgan fingerprint density at radius 1 is 1.17 bits per heavy atom. The highest BCUT2D eigenvalue weighted by atomic mass is 19.4. The molecule has 1 aliphatic heterocycles. The fourth-order valence-electron chi connectivity index (χ4n) is 6.70. The maximum atomic E-state index is 13.6. The molecule has 2 amide bonds. The van der Waals surface area contributed by atoms with E-state index in [-0.39, 0.29) is 23.4 Å². The van der Waals surface area contributed by atoms with Crippen LogP contribution in [0.2, 0.25) is 0 Å². The molecule has 2 aromatic rings. The number of rotatable bonds is 9. The third-order valence-electron chi connectivity index (χ3n) is 9.07. The van der Waals surface area contributed by atoms with Crippen LogP contribution in [0, 0.1) is 18.3 Å². The molecule has 250 valence electrons. The summed E-state index contributed by atoms with van der Waals surface area (Å²) in [4.78, 5) is 41.5. The van der Waals surface area contributed by atoms with Gasteiger partial charge in [-0.25, -0.2) is 9.59 Å². The minimum absolute atomic E-state index is 0.101. The average Bonchev–Trinajstić information content (AvgIpc) is 3.23. The highest BCUT2D eigenvalue weighted by Crippen LogP contribution is 2.46. The monoisotopic (exact) mass is 644 g/mol. The second-order valence-electron chi connectivity index (χ2n) is 13.6. The van der Waals surface area contributed by atoms with Crippen molar-refractivity contribution < 1.29 is 42.1 Å². The number of carboxylic acids is 1. The number of aryl methyl sites for hydroxylation is 1. The van der Waals surface area contributed by atoms with Crippen LogP contribution in [0.15, 0.2) is 42.0 Å². The zero-order valence-corrected chi connectivity index (χ0v) is 27.6. The molecule has 11 heteroatoms. The molecule has 0 radical (unpaired) electrons. The number of halogens is 3. The smallest absolute Gasteiger partial charge is 0.416 e. The molecule has 1 saturated heterocycles. The Hall–Kier alpha value is -4.02. The summed E-state index contributed by atoms with van der Waals surface area (Å²) in [5, 5.41) is 9.75. The number of carbonyl (C=O) groups excluding carboxylic acids is 2. The third kappa shape index (κ3) is 7.18. The van der Waals surface area contributed by atoms with E-state index in [0.717, 1.165) is 29.7 Å². The predicted molar refractivity (Wildman–Crippen MR) is 167 cm³/mol. The van der Waals surface area contributed by atoms with Crippen molar-refractivity contribution in [2.75, 3.05) is 20.7 Å². The Morgan fingerprint density at radius 2 is 1.85 bits per heavy atom. The Balaban J connectivity index is 1.73. The van der Waals surface area contributed by atoms with Crippen molar-refractivity contribution in [2.24, 2.45) is 11.3 Å². The lowest BCUT2D eigenvalue weighted by Crippen LogP contribution is -2.45. The van der Waals surface area contributed by atoms with Gasteiger partial charge in [0.25, 0.3) is 5.91 Å². The average molecular weight is 645 g/mol. The predicted octanol–water partition coefficient (Wildman–Crippen LogP) is 7.75. The minimum Gasteiger partial charge on any atom is -0.496 e. The SMILES string of the molecule is COc1ccc(C(=O)N(C)[C@@H](C(=O)O)C(C)C)cc1C1=C(CN2C(=O)O[C@H](c3cc(C)cc(C(F)(F)F)c3)[C@@H]2C)CC(C)(C)CC1. The van der Waals surface area contributed by atoms with Gasteiger partial charge in [-0.1, -0.05) is 39.3 Å². The van der Waals surface area contributed by atoms with Crippen LogP contribution in [0.3, 0.4) is 0 Å². The summed E-state index contributed by atoms with van der Waals surface area (Å²) in [6.07, 6.45) is -3.96. The quantitative estimate of drug-likeness (QED) is 0.300. The van der Waals surface area contributed by atoms with Gasteiger partial charge >= 0.3 is 18.2 Å². The number of nitrogens with zero attached hydrogens (tertiary/aromatic N) is 2. The van der Waals surface area contributed by atoms with Crippen molar-refractivity contribution in [3.8, 4) is 5.75 Å². The molecule has 2 aliphatic rings. The molecule has 4 rings (SSSR count). The number of cyclic esters (lactones) is 1. The van der Waals surface area contributed by atoms with E-state index in [0.29, 0.717) is 35.3 Å². The topological polar surface area (TPSA) is 96.4 Å². The Labute approximate surface area is 268 Å². The summed E-state index contributed by atoms with van der Waals surface area (Å²) in [5.41, 5.74) is 2.63. The molecular weight excluding hydrogens is 601 g/mol. The van der Waals surface area contributed by atoms with Crippen LogP contribution in [0.4, 0.5) is 18.0 Å². The first kappa shape index (κ1) is 34.8. The van der Waals surface area contributed by atoms with E-state index in [9.17, 15) is 32.7 Å². The standard InChI is InChI=1S/C35H43F3N2O6/c1-19(2)29(32(42)43)39(7)31(41)22-9-10-28(45-8)27(16-22)26-11-12-34(5,6)17-24(26)18-40-21(4)30(46-33(40)44)23-13-20(3)14-25(15-23)35(36,37)38/h9-10,13-16,19,21,29-30H,11-12,17-18H2,1-8H3,(H,42,43)/t21-,29+,30-/m0/s1. The molecule has 1 heterocycles. The number of likely N-dealkylation sites (N-methyl/N-ethyl adjacent to an activating group) is 1. The Kier molecular flexibility index (Phi) is 9.85. The first-order valence-electron chi connectivity index (χ1n) is 15.4. The maximum Gasteiger partial charge on any atom is 0.416 e. The highest BCUT2D eigenvalue weighted by molar-refractivity contribution is 5.98. The van der Waals surface area contributed by atoms with Crippen LogP contribution in [0.5, 0.6) is 5.75 Å². The number of methoxy groups -OCH3 is 1. The lowest BCUT2D eigenvalue weighted by atomic mass is 9.72. The fraction of sp³-hybridized carbons (Fsp3) is 0.514. The first-order chi connectivity index (χ1) is 21.3. The molecule has 0 bridgehead atoms. The van der Waals surface area contributed by atoms with Crippen LogP contribution in [-0.4, -0.2) is 65.7 Å². The summed E-state index contributed by atoms with van der Waals surface area (Å²) < 4.78 is 52.1. The van der Waals surface area contributed by atoms with Crippen LogP contribution in [0.25, 0.3) is 5.57 Å². The van der Waals surface area contributed by atoms with Crippen LogP contribution < -0.4 is 4.74 Å². The largest absolute Gasteiger partial charge is 0.496 e. The normalized spacial score (nSPS) is 20.5. The van der Waals surface area contributed by atoms with Crippen molar-refractivity contribution in [1.29, 1.82) is 0 Å². The molecule has 0 spiro atoms. The number of carboxylic acid groups (broad SMARTS) is 1. The molecule has 1 fully saturated rings. The van der Waals surface area contributed by atoms with E-state index in [2.05, 4.69) is 13.8 Å². The maximum absolute atomic E-state index is 13.6. The summed E-state index contributed by atoms with van der Waals surface area (Å²) in [6, 6.07) is 7.15. The van der Waals surface area contributed by atoms with E-state index < -0.39 is 47.9 Å². The number of amides is 2. The van der Waals surface area contributed by atoms with E-state index in [1.165, 1.54) is 19.1 Å². The fourth-order valence-corrected chi connectivity index (χ4v) is 6.70. The van der Waals surface area contributed by atoms with Crippen LogP contribution in [0.1, 0.15) is 92.6 Å². The van der Waals surface area contributed by atoms with Crippen molar-refractivity contribution in [3.05, 3.63) is 69.8 Å². The van der Waals surface area contributed by atoms with Gasteiger partial charge in [-0.05, 0) is 91.5 Å². The number of aliphatic carboxylic acids is 1. The van der Waals surface area contributed by atoms with E-state index >= 15 is 0 Å². The lowest BCUT2D eigenvalue weighted by Gasteiger charge is -2.36. The molecule has 0 aromatic heterocycles. The molecule has 0 saturated carbocycles. The number of ether oxygens (including phenoxy) is 2. The zero-order chi connectivity index (χ0) is 34.3. The van der Waals surface area contributed by atoms with Crippen molar-refractivity contribution in [1.82, 2.24) is 9.80 Å². The van der Waals surface area contributed by atoms with E-state index in [1.54, 1.807) is 56.9 Å². The highest BCUT2D eigenvalue weighted by Gasteiger charge is 2.42. The zero-order valence-electron chi connectivity index (χ0n) is 27.6. The second kappa shape index (κ2) is 13.0. The molecule has 0 unspecified atom stereocenters. The molecule has 8 nitrogen and oxygen atoms in total. The van der Waals surface area contributed by atoms with Crippen molar-refractivity contribution in [3.63, 3.8) is 0 Å². The second-order valence-corrected chi connectivity index (χ2v) is 13.6. The molecule has 46 heavy (non-hydrogen) atoms. The van der Waals surface area contributed by atoms with Gasteiger partial charge in [0.2, 0.25) is 0 Å². The Morgan fingerprint density at radius 3 is 2.43 bits per heavy atom. The number of carbonyl (C=O) groups is 3. The number of benzene rings is 2. The summed E-state index contributed by atoms with van der Waals surface area (Å²) in [7, 11) is 3.00. The molecule has 3 atom stereocenters. The number of hydrogen-bond donors (Lipinski definition) is 1. The van der Waals surface area contributed by atoms with Crippen molar-refractivity contribution >= 4 is 23.5 Å². The van der Waals surface area contributed by atoms with Gasteiger partial charge in [0.05, 0.1) is 18.7 Å². The van der Waals surface area contributed by atoms with Gasteiger partial charge in [0.1, 0.15) is 17.9 Å². The number of alkyl halides is 3. The summed E-state index contributed by atoms with van der Waals surface area (Å²) in [5.74, 6) is -1.33. The van der Waals surface area contributed by atoms with Crippen molar-refractivity contribution in [2.45, 2.75) is 85.2 Å². The summed E-state index contributed by atoms with van der Waals surface area (Å²) in [6.45, 7) is 11.3. The van der Waals surface area contributed by atoms with Gasteiger partial charge in [0.15, 0.2) is 0 Å². The van der Waals surface area contributed by atoms with Gasteiger partial charge < -0.3 is 19.5 Å². The summed E-state index contributed by atoms with van der Waals surface area (Å²) >= 11 is 0. The molecule has 1 aliphatic carbocycles. The minimum atomic E-state index is -4.53. The Bertz CT molecular complexity index is 1550. The molecular formula is C35H43F3N2O6. The van der Waals surface area contributed by atoms with E-state index in [4.69, 9.17) is 9.47 Å². The number of allylic oxidation sites excluding steroid dienone is 1. The van der Waals surface area contributed by atoms with Gasteiger partial charge in [0, 0.05) is 24.7 Å². The number of hydrogen-bond acceptors (Lipinski definition) is 5. The van der Waals surface area contributed by atoms with Crippen LogP contribution >= 0.6 is 0 Å². The van der Waals surface area contributed by atoms with Gasteiger partial charge in [-0.3, -0.25) is 9.69 Å². The first-order valence-corrected chi connectivity index (χ1v) is 15.4. The van der Waals surface area contributed by atoms with Gasteiger partial charge in [-0.15, -0.1) is 0 Å². The van der Waals surface area contributed by atoms with Gasteiger partial charge in [-0.2, -0.15) is 13.2 Å². The molecule has 1 N–H and O–H groups in total. The molecule has 2 aromatic carbocycles. The third-order valence-corrected chi connectivity index (χ3v) is 9.07.